The summed E-state index contributed by atoms with van der Waals surface area (Å²) in [7, 11) is -7.32. The number of hydrogen-bond donors (Lipinski definition) is 1. The first-order valence-corrected chi connectivity index (χ1v) is 15.1. The molecule has 9 nitrogen and oxygen atoms in total. The molecule has 11 heteroatoms. The van der Waals surface area contributed by atoms with Crippen LogP contribution < -0.4 is 5.73 Å². The van der Waals surface area contributed by atoms with E-state index in [2.05, 4.69) is 4.98 Å². The minimum atomic E-state index is -3.66. The fourth-order valence-electron chi connectivity index (χ4n) is 5.54. The van der Waals surface area contributed by atoms with Gasteiger partial charge >= 0.3 is 0 Å². The van der Waals surface area contributed by atoms with Crippen LogP contribution in [-0.4, -0.2) is 75.6 Å². The van der Waals surface area contributed by atoms with E-state index in [4.69, 9.17) is 10.5 Å². The Morgan fingerprint density at radius 1 is 1.00 bits per heavy atom. The van der Waals surface area contributed by atoms with E-state index in [-0.39, 0.29) is 35.7 Å². The van der Waals surface area contributed by atoms with Gasteiger partial charge in [0.1, 0.15) is 0 Å². The maximum absolute atomic E-state index is 13.5. The van der Waals surface area contributed by atoms with Gasteiger partial charge in [-0.15, -0.1) is 0 Å². The summed E-state index contributed by atoms with van der Waals surface area (Å²) in [4.78, 5) is 4.08. The minimum absolute atomic E-state index is 0.0211. The second-order valence-electron chi connectivity index (χ2n) is 9.58. The third-order valence-corrected chi connectivity index (χ3v) is 11.0. The van der Waals surface area contributed by atoms with Crippen molar-refractivity contribution in [1.29, 1.82) is 0 Å². The molecule has 3 heterocycles. The van der Waals surface area contributed by atoms with Gasteiger partial charge in [0.2, 0.25) is 0 Å². The zero-order chi connectivity index (χ0) is 23.5. The quantitative estimate of drug-likeness (QED) is 0.600. The molecule has 33 heavy (non-hydrogen) atoms. The molecule has 1 saturated carbocycles. The molecule has 1 aromatic heterocycles. The van der Waals surface area contributed by atoms with Gasteiger partial charge in [0.15, 0.2) is 14.9 Å². The topological polar surface area (TPSA) is 123 Å². The van der Waals surface area contributed by atoms with Crippen LogP contribution in [-0.2, 0) is 31.3 Å². The first kappa shape index (κ1) is 25.0. The van der Waals surface area contributed by atoms with Crippen molar-refractivity contribution >= 4 is 20.0 Å². The molecule has 3 aliphatic rings. The molecule has 2 N–H and O–H groups in total. The summed E-state index contributed by atoms with van der Waals surface area (Å²) in [5, 5.41) is 0.0211. The second-order valence-corrected chi connectivity index (χ2v) is 13.5. The zero-order valence-corrected chi connectivity index (χ0v) is 20.8. The van der Waals surface area contributed by atoms with Crippen LogP contribution >= 0.6 is 0 Å². The standard InChI is InChI=1S/C22H36N4O5S2/c23-14-18-6-7-24-22(13-18)32(27,28)17-19-12-21(20-4-2-1-3-5-20)16-26(15-19)33(29,30)25-8-10-31-11-9-25/h6-7,13,19-21H,1-5,8-12,14-17,23H2/t19-,21-/m0/s1. The third-order valence-electron chi connectivity index (χ3n) is 7.28. The van der Waals surface area contributed by atoms with Crippen molar-refractivity contribution in [2.24, 2.45) is 23.5 Å². The fraction of sp³-hybridized carbons (Fsp3) is 0.773. The first-order chi connectivity index (χ1) is 15.8. The van der Waals surface area contributed by atoms with Crippen molar-refractivity contribution in [1.82, 2.24) is 13.6 Å². The van der Waals surface area contributed by atoms with Crippen LogP contribution in [0.1, 0.15) is 44.1 Å². The van der Waals surface area contributed by atoms with E-state index in [0.717, 1.165) is 32.1 Å². The molecule has 1 aromatic rings. The normalized spacial score (nSPS) is 26.9. The lowest BCUT2D eigenvalue weighted by molar-refractivity contribution is 0.0660. The van der Waals surface area contributed by atoms with Crippen LogP contribution in [0.25, 0.3) is 0 Å². The molecular weight excluding hydrogens is 464 g/mol. The average molecular weight is 501 g/mol. The summed E-state index contributed by atoms with van der Waals surface area (Å²) < 4.78 is 61.7. The van der Waals surface area contributed by atoms with Crippen LogP contribution in [0.2, 0.25) is 0 Å². The zero-order valence-electron chi connectivity index (χ0n) is 19.1. The maximum atomic E-state index is 13.5. The molecule has 0 bridgehead atoms. The smallest absolute Gasteiger partial charge is 0.282 e. The molecule has 0 aromatic carbocycles. The van der Waals surface area contributed by atoms with Crippen LogP contribution in [0.4, 0.5) is 0 Å². The Labute approximate surface area is 197 Å². The highest BCUT2D eigenvalue weighted by Gasteiger charge is 2.41. The van der Waals surface area contributed by atoms with Crippen molar-refractivity contribution in [3.63, 3.8) is 0 Å². The summed E-state index contributed by atoms with van der Waals surface area (Å²) in [6.45, 7) is 2.39. The summed E-state index contributed by atoms with van der Waals surface area (Å²) in [6, 6.07) is 3.23. The lowest BCUT2D eigenvalue weighted by Gasteiger charge is -2.43. The van der Waals surface area contributed by atoms with E-state index in [0.29, 0.717) is 44.3 Å². The number of rotatable bonds is 7. The van der Waals surface area contributed by atoms with Crippen LogP contribution in [0.15, 0.2) is 23.4 Å². The third kappa shape index (κ3) is 5.94. The number of ether oxygens (including phenoxy) is 1. The van der Waals surface area contributed by atoms with E-state index < -0.39 is 20.0 Å². The number of morpholine rings is 1. The van der Waals surface area contributed by atoms with Gasteiger partial charge in [-0.2, -0.15) is 17.0 Å². The number of aromatic nitrogens is 1. The van der Waals surface area contributed by atoms with Crippen LogP contribution in [0.5, 0.6) is 0 Å². The van der Waals surface area contributed by atoms with Crippen molar-refractivity contribution in [2.45, 2.75) is 50.1 Å². The number of pyridine rings is 1. The van der Waals surface area contributed by atoms with E-state index >= 15 is 0 Å². The van der Waals surface area contributed by atoms with Crippen molar-refractivity contribution in [2.75, 3.05) is 45.1 Å². The number of hydrogen-bond acceptors (Lipinski definition) is 7. The Morgan fingerprint density at radius 2 is 1.73 bits per heavy atom. The number of nitrogens with zero attached hydrogens (tertiary/aromatic N) is 3. The minimum Gasteiger partial charge on any atom is -0.379 e. The lowest BCUT2D eigenvalue weighted by atomic mass is 9.75. The highest BCUT2D eigenvalue weighted by atomic mass is 32.2. The van der Waals surface area contributed by atoms with Gasteiger partial charge in [-0.25, -0.2) is 13.4 Å². The second kappa shape index (κ2) is 10.7. The Kier molecular flexibility index (Phi) is 8.07. The average Bonchev–Trinajstić information content (AvgIpc) is 2.84. The van der Waals surface area contributed by atoms with Gasteiger partial charge in [-0.3, -0.25) is 0 Å². The van der Waals surface area contributed by atoms with Gasteiger partial charge in [-0.05, 0) is 41.9 Å². The van der Waals surface area contributed by atoms with E-state index in [1.807, 2.05) is 0 Å². The molecule has 186 valence electrons. The summed E-state index contributed by atoms with van der Waals surface area (Å²) >= 11 is 0. The Morgan fingerprint density at radius 3 is 2.42 bits per heavy atom. The van der Waals surface area contributed by atoms with Gasteiger partial charge in [-0.1, -0.05) is 32.1 Å². The van der Waals surface area contributed by atoms with Crippen LogP contribution in [0, 0.1) is 17.8 Å². The number of nitrogens with two attached hydrogens (primary N) is 1. The molecule has 2 aliphatic heterocycles. The Bertz CT molecular complexity index is 1010. The molecule has 0 spiro atoms. The monoisotopic (exact) mass is 500 g/mol. The Balaban J connectivity index is 1.56. The molecule has 1 aliphatic carbocycles. The molecule has 2 atom stereocenters. The van der Waals surface area contributed by atoms with Gasteiger partial charge < -0.3 is 10.5 Å². The van der Waals surface area contributed by atoms with E-state index in [1.54, 1.807) is 10.4 Å². The van der Waals surface area contributed by atoms with Crippen molar-refractivity contribution < 1.29 is 21.6 Å². The molecular formula is C22H36N4O5S2. The molecule has 0 amide bonds. The molecule has 4 rings (SSSR count). The summed E-state index contributed by atoms with van der Waals surface area (Å²) in [5.41, 5.74) is 6.39. The maximum Gasteiger partial charge on any atom is 0.282 e. The molecule has 0 radical (unpaired) electrons. The highest BCUT2D eigenvalue weighted by Crippen LogP contribution is 2.38. The van der Waals surface area contributed by atoms with E-state index in [1.165, 1.54) is 23.0 Å². The number of sulfone groups is 1. The van der Waals surface area contributed by atoms with Crippen molar-refractivity contribution in [3.05, 3.63) is 23.9 Å². The van der Waals surface area contributed by atoms with Gasteiger partial charge in [0.25, 0.3) is 10.2 Å². The predicted octanol–water partition coefficient (Wildman–Crippen LogP) is 1.41. The lowest BCUT2D eigenvalue weighted by Crippen LogP contribution is -2.54. The summed E-state index contributed by atoms with van der Waals surface area (Å²) in [6.07, 6.45) is 7.93. The molecule has 0 unspecified atom stereocenters. The van der Waals surface area contributed by atoms with Gasteiger partial charge in [0.05, 0.1) is 19.0 Å². The summed E-state index contributed by atoms with van der Waals surface area (Å²) in [5.74, 6) is 0.255. The Hall–Kier alpha value is -1.11. The van der Waals surface area contributed by atoms with Crippen LogP contribution in [0.3, 0.4) is 0 Å². The SMILES string of the molecule is NCc1ccnc(S(=O)(=O)C[C@H]2C[C@H](C3CCCCC3)CN(S(=O)(=O)N3CCOCC3)C2)c1. The van der Waals surface area contributed by atoms with Gasteiger partial charge in [0, 0.05) is 38.9 Å². The fourth-order valence-corrected chi connectivity index (χ4v) is 8.84. The van der Waals surface area contributed by atoms with E-state index in [9.17, 15) is 16.8 Å². The van der Waals surface area contributed by atoms with Crippen molar-refractivity contribution in [3.8, 4) is 0 Å². The predicted molar refractivity (Wildman–Crippen MR) is 125 cm³/mol. The highest BCUT2D eigenvalue weighted by molar-refractivity contribution is 7.91. The largest absolute Gasteiger partial charge is 0.379 e. The molecule has 2 saturated heterocycles. The first-order valence-electron chi connectivity index (χ1n) is 12.0. The number of piperidine rings is 1. The molecule has 3 fully saturated rings.